The SMILES string of the molecule is CC(=O)Nc1ccc(CN2CCC[C@H]3CCCC[C@H]32)cc1. The molecule has 3 nitrogen and oxygen atoms in total. The molecular weight excluding hydrogens is 260 g/mol. The first-order valence-corrected chi connectivity index (χ1v) is 8.33. The molecule has 0 radical (unpaired) electrons. The summed E-state index contributed by atoms with van der Waals surface area (Å²) in [6.07, 6.45) is 8.44. The molecule has 1 aromatic rings. The minimum Gasteiger partial charge on any atom is -0.326 e. The monoisotopic (exact) mass is 286 g/mol. The third-order valence-corrected chi connectivity index (χ3v) is 5.02. The van der Waals surface area contributed by atoms with Crippen LogP contribution in [0.2, 0.25) is 0 Å². The normalized spacial score (nSPS) is 26.1. The molecule has 0 aromatic heterocycles. The number of rotatable bonds is 3. The number of anilines is 1. The molecule has 0 bridgehead atoms. The topological polar surface area (TPSA) is 32.3 Å². The van der Waals surface area contributed by atoms with E-state index in [1.165, 1.54) is 50.6 Å². The molecule has 1 aliphatic carbocycles. The number of hydrogen-bond donors (Lipinski definition) is 1. The van der Waals surface area contributed by atoms with Gasteiger partial charge in [-0.2, -0.15) is 0 Å². The average molecular weight is 286 g/mol. The molecule has 1 amide bonds. The lowest BCUT2D eigenvalue weighted by Crippen LogP contribution is -2.46. The lowest BCUT2D eigenvalue weighted by atomic mass is 9.78. The lowest BCUT2D eigenvalue weighted by Gasteiger charge is -2.44. The summed E-state index contributed by atoms with van der Waals surface area (Å²) in [6.45, 7) is 3.85. The molecule has 0 spiro atoms. The van der Waals surface area contributed by atoms with Crippen molar-refractivity contribution in [2.24, 2.45) is 5.92 Å². The summed E-state index contributed by atoms with van der Waals surface area (Å²) in [5, 5.41) is 2.83. The maximum absolute atomic E-state index is 11.1. The van der Waals surface area contributed by atoms with E-state index in [0.717, 1.165) is 24.2 Å². The number of nitrogens with one attached hydrogen (secondary N) is 1. The highest BCUT2D eigenvalue weighted by atomic mass is 16.1. The molecule has 0 unspecified atom stereocenters. The zero-order chi connectivity index (χ0) is 14.7. The van der Waals surface area contributed by atoms with E-state index in [1.54, 1.807) is 6.92 Å². The lowest BCUT2D eigenvalue weighted by molar-refractivity contribution is -0.114. The molecule has 1 saturated carbocycles. The number of nitrogens with zero attached hydrogens (tertiary/aromatic N) is 1. The fourth-order valence-electron chi connectivity index (χ4n) is 4.06. The molecule has 3 rings (SSSR count). The molecule has 114 valence electrons. The van der Waals surface area contributed by atoms with Gasteiger partial charge in [0.15, 0.2) is 0 Å². The molecule has 1 heterocycles. The van der Waals surface area contributed by atoms with Gasteiger partial charge < -0.3 is 5.32 Å². The highest BCUT2D eigenvalue weighted by Crippen LogP contribution is 2.35. The number of amides is 1. The van der Waals surface area contributed by atoms with Crippen molar-refractivity contribution >= 4 is 11.6 Å². The van der Waals surface area contributed by atoms with Crippen molar-refractivity contribution in [3.8, 4) is 0 Å². The number of hydrogen-bond acceptors (Lipinski definition) is 2. The number of piperidine rings is 1. The van der Waals surface area contributed by atoms with Crippen molar-refractivity contribution in [2.75, 3.05) is 11.9 Å². The Bertz CT molecular complexity index is 480. The molecule has 1 N–H and O–H groups in total. The number of carbonyl (C=O) groups is 1. The standard InChI is InChI=1S/C18H26N2O/c1-14(21)19-17-10-8-15(9-11-17)13-20-12-4-6-16-5-2-3-7-18(16)20/h8-11,16,18H,2-7,12-13H2,1H3,(H,19,21)/t16-,18-/m1/s1. The molecule has 2 fully saturated rings. The average Bonchev–Trinajstić information content (AvgIpc) is 2.49. The van der Waals surface area contributed by atoms with Gasteiger partial charge in [-0.15, -0.1) is 0 Å². The molecular formula is C18H26N2O. The highest BCUT2D eigenvalue weighted by molar-refractivity contribution is 5.88. The summed E-state index contributed by atoms with van der Waals surface area (Å²) in [4.78, 5) is 13.7. The Labute approximate surface area is 127 Å². The first kappa shape index (κ1) is 14.6. The van der Waals surface area contributed by atoms with Crippen LogP contribution < -0.4 is 5.32 Å². The summed E-state index contributed by atoms with van der Waals surface area (Å²) in [5.41, 5.74) is 2.25. The van der Waals surface area contributed by atoms with E-state index in [2.05, 4.69) is 22.3 Å². The Hall–Kier alpha value is -1.35. The van der Waals surface area contributed by atoms with Gasteiger partial charge in [0.05, 0.1) is 0 Å². The van der Waals surface area contributed by atoms with Gasteiger partial charge in [-0.25, -0.2) is 0 Å². The smallest absolute Gasteiger partial charge is 0.221 e. The number of fused-ring (bicyclic) bond motifs is 1. The van der Waals surface area contributed by atoms with E-state index in [0.29, 0.717) is 0 Å². The van der Waals surface area contributed by atoms with Crippen LogP contribution in [0, 0.1) is 5.92 Å². The maximum atomic E-state index is 11.1. The second kappa shape index (κ2) is 6.61. The zero-order valence-corrected chi connectivity index (χ0v) is 13.0. The molecule has 1 aliphatic heterocycles. The van der Waals surface area contributed by atoms with E-state index in [-0.39, 0.29) is 5.91 Å². The van der Waals surface area contributed by atoms with Gasteiger partial charge in [0.25, 0.3) is 0 Å². The van der Waals surface area contributed by atoms with Crippen molar-refractivity contribution < 1.29 is 4.79 Å². The second-order valence-electron chi connectivity index (χ2n) is 6.60. The molecule has 2 atom stereocenters. The van der Waals surface area contributed by atoms with Crippen molar-refractivity contribution in [1.82, 2.24) is 4.90 Å². The Kier molecular flexibility index (Phi) is 4.59. The van der Waals surface area contributed by atoms with E-state index in [9.17, 15) is 4.79 Å². The van der Waals surface area contributed by atoms with Gasteiger partial charge in [0.2, 0.25) is 5.91 Å². The maximum Gasteiger partial charge on any atom is 0.221 e. The van der Waals surface area contributed by atoms with E-state index >= 15 is 0 Å². The summed E-state index contributed by atoms with van der Waals surface area (Å²) in [7, 11) is 0. The van der Waals surface area contributed by atoms with Crippen LogP contribution in [-0.4, -0.2) is 23.4 Å². The van der Waals surface area contributed by atoms with Crippen molar-refractivity contribution in [1.29, 1.82) is 0 Å². The molecule has 2 aliphatic rings. The van der Waals surface area contributed by atoms with Gasteiger partial charge in [0.1, 0.15) is 0 Å². The number of benzene rings is 1. The van der Waals surface area contributed by atoms with Gasteiger partial charge in [-0.3, -0.25) is 9.69 Å². The van der Waals surface area contributed by atoms with Crippen molar-refractivity contribution in [3.05, 3.63) is 29.8 Å². The first-order valence-electron chi connectivity index (χ1n) is 8.33. The Balaban J connectivity index is 1.63. The zero-order valence-electron chi connectivity index (χ0n) is 13.0. The van der Waals surface area contributed by atoms with E-state index in [1.807, 2.05) is 12.1 Å². The third-order valence-electron chi connectivity index (χ3n) is 5.02. The fourth-order valence-corrected chi connectivity index (χ4v) is 4.06. The van der Waals surface area contributed by atoms with Gasteiger partial charge >= 0.3 is 0 Å². The van der Waals surface area contributed by atoms with Crippen LogP contribution >= 0.6 is 0 Å². The van der Waals surface area contributed by atoms with Crippen LogP contribution in [-0.2, 0) is 11.3 Å². The largest absolute Gasteiger partial charge is 0.326 e. The van der Waals surface area contributed by atoms with E-state index < -0.39 is 0 Å². The molecule has 21 heavy (non-hydrogen) atoms. The Morgan fingerprint density at radius 1 is 1.14 bits per heavy atom. The van der Waals surface area contributed by atoms with Crippen LogP contribution in [0.1, 0.15) is 51.0 Å². The predicted octanol–water partition coefficient (Wildman–Crippen LogP) is 3.80. The quantitative estimate of drug-likeness (QED) is 0.916. The summed E-state index contributed by atoms with van der Waals surface area (Å²) in [5.74, 6) is 0.926. The van der Waals surface area contributed by atoms with Crippen LogP contribution in [0.25, 0.3) is 0 Å². The van der Waals surface area contributed by atoms with Crippen LogP contribution in [0.4, 0.5) is 5.69 Å². The van der Waals surface area contributed by atoms with Gasteiger partial charge in [-0.05, 0) is 55.8 Å². The molecule has 1 aromatic carbocycles. The molecule has 1 saturated heterocycles. The van der Waals surface area contributed by atoms with Crippen molar-refractivity contribution in [3.63, 3.8) is 0 Å². The Morgan fingerprint density at radius 3 is 2.62 bits per heavy atom. The van der Waals surface area contributed by atoms with Crippen LogP contribution in [0.3, 0.4) is 0 Å². The Morgan fingerprint density at radius 2 is 1.86 bits per heavy atom. The van der Waals surface area contributed by atoms with E-state index in [4.69, 9.17) is 0 Å². The summed E-state index contributed by atoms with van der Waals surface area (Å²) >= 11 is 0. The van der Waals surface area contributed by atoms with Crippen LogP contribution in [0.15, 0.2) is 24.3 Å². The highest BCUT2D eigenvalue weighted by Gasteiger charge is 2.32. The summed E-state index contributed by atoms with van der Waals surface area (Å²) in [6, 6.07) is 9.13. The van der Waals surface area contributed by atoms with Gasteiger partial charge in [-0.1, -0.05) is 25.0 Å². The minimum absolute atomic E-state index is 0.0103. The number of carbonyl (C=O) groups excluding carboxylic acids is 1. The summed E-state index contributed by atoms with van der Waals surface area (Å²) < 4.78 is 0. The number of likely N-dealkylation sites (tertiary alicyclic amines) is 1. The predicted molar refractivity (Wildman–Crippen MR) is 86.1 cm³/mol. The van der Waals surface area contributed by atoms with Gasteiger partial charge in [0, 0.05) is 25.2 Å². The minimum atomic E-state index is -0.0103. The van der Waals surface area contributed by atoms with Crippen molar-refractivity contribution in [2.45, 2.75) is 58.0 Å². The van der Waals surface area contributed by atoms with Crippen LogP contribution in [0.5, 0.6) is 0 Å². The molecule has 3 heteroatoms. The third kappa shape index (κ3) is 3.65. The first-order chi connectivity index (χ1) is 10.2. The fraction of sp³-hybridized carbons (Fsp3) is 0.611. The second-order valence-corrected chi connectivity index (χ2v) is 6.60.